The van der Waals surface area contributed by atoms with Gasteiger partial charge in [-0.25, -0.2) is 9.37 Å². The summed E-state index contributed by atoms with van der Waals surface area (Å²) in [6, 6.07) is 5.94. The molecule has 1 atom stereocenters. The molecule has 1 N–H and O–H groups in total. The number of carboxylic acid groups (broad SMARTS) is 1. The Morgan fingerprint density at radius 1 is 1.43 bits per heavy atom. The van der Waals surface area contributed by atoms with Crippen LogP contribution in [0.2, 0.25) is 0 Å². The van der Waals surface area contributed by atoms with Gasteiger partial charge in [-0.2, -0.15) is 0 Å². The van der Waals surface area contributed by atoms with Crippen molar-refractivity contribution in [2.45, 2.75) is 13.0 Å². The van der Waals surface area contributed by atoms with E-state index in [2.05, 4.69) is 4.98 Å². The van der Waals surface area contributed by atoms with E-state index in [0.717, 1.165) is 12.2 Å². The summed E-state index contributed by atoms with van der Waals surface area (Å²) < 4.78 is 18.3. The van der Waals surface area contributed by atoms with Gasteiger partial charge >= 0.3 is 5.97 Å². The third kappa shape index (κ3) is 3.11. The molecule has 2 aromatic rings. The van der Waals surface area contributed by atoms with E-state index in [1.54, 1.807) is 18.4 Å². The average molecular weight is 290 g/mol. The summed E-state index contributed by atoms with van der Waals surface area (Å²) in [5.74, 6) is -0.903. The lowest BCUT2D eigenvalue weighted by Crippen LogP contribution is -2.22. The van der Waals surface area contributed by atoms with Gasteiger partial charge in [0, 0.05) is 18.7 Å². The number of nitrogens with zero attached hydrogens (tertiary/aromatic N) is 2. The largest absolute Gasteiger partial charge is 0.481 e. The van der Waals surface area contributed by atoms with Crippen LogP contribution in [0.25, 0.3) is 11.5 Å². The first-order valence-electron chi connectivity index (χ1n) is 6.77. The number of carbonyl (C=O) groups is 1. The molecule has 3 rings (SSSR count). The quantitative estimate of drug-likeness (QED) is 0.936. The van der Waals surface area contributed by atoms with E-state index in [9.17, 15) is 9.18 Å². The van der Waals surface area contributed by atoms with Gasteiger partial charge in [0.2, 0.25) is 5.89 Å². The first-order chi connectivity index (χ1) is 10.1. The van der Waals surface area contributed by atoms with Crippen LogP contribution in [0.5, 0.6) is 0 Å². The van der Waals surface area contributed by atoms with Gasteiger partial charge < -0.3 is 9.52 Å². The third-order valence-electron chi connectivity index (χ3n) is 3.65. The highest BCUT2D eigenvalue weighted by Gasteiger charge is 2.28. The number of aromatic nitrogens is 1. The van der Waals surface area contributed by atoms with Crippen LogP contribution in [0.3, 0.4) is 0 Å². The molecule has 0 radical (unpaired) electrons. The van der Waals surface area contributed by atoms with Crippen molar-refractivity contribution in [3.8, 4) is 11.5 Å². The summed E-state index contributed by atoms with van der Waals surface area (Å²) in [5, 5.41) is 8.98. The predicted octanol–water partition coefficient (Wildman–Crippen LogP) is 2.39. The normalized spacial score (nSPS) is 19.0. The number of benzene rings is 1. The summed E-state index contributed by atoms with van der Waals surface area (Å²) >= 11 is 0. The summed E-state index contributed by atoms with van der Waals surface area (Å²) in [6.45, 7) is 1.85. The second-order valence-corrected chi connectivity index (χ2v) is 5.21. The van der Waals surface area contributed by atoms with Gasteiger partial charge in [0.05, 0.1) is 11.6 Å². The number of hydrogen-bond donors (Lipinski definition) is 1. The van der Waals surface area contributed by atoms with Gasteiger partial charge in [-0.3, -0.25) is 9.69 Å². The fourth-order valence-corrected chi connectivity index (χ4v) is 2.51. The first kappa shape index (κ1) is 13.8. The molecule has 2 heterocycles. The van der Waals surface area contributed by atoms with E-state index in [1.165, 1.54) is 12.1 Å². The van der Waals surface area contributed by atoms with E-state index in [4.69, 9.17) is 9.52 Å². The summed E-state index contributed by atoms with van der Waals surface area (Å²) in [4.78, 5) is 17.3. The molecule has 0 saturated carbocycles. The van der Waals surface area contributed by atoms with Crippen molar-refractivity contribution in [2.75, 3.05) is 13.1 Å². The molecule has 1 saturated heterocycles. The van der Waals surface area contributed by atoms with Crippen molar-refractivity contribution in [3.63, 3.8) is 0 Å². The van der Waals surface area contributed by atoms with Gasteiger partial charge in [0.25, 0.3) is 0 Å². The summed E-state index contributed by atoms with van der Waals surface area (Å²) in [5.41, 5.74) is 1.47. The minimum Gasteiger partial charge on any atom is -0.481 e. The minimum atomic E-state index is -0.746. The number of likely N-dealkylation sites (tertiary alicyclic amines) is 1. The van der Waals surface area contributed by atoms with Crippen LogP contribution >= 0.6 is 0 Å². The molecule has 6 heteroatoms. The van der Waals surface area contributed by atoms with Crippen LogP contribution in [0, 0.1) is 11.7 Å². The van der Waals surface area contributed by atoms with Gasteiger partial charge in [0.15, 0.2) is 0 Å². The summed E-state index contributed by atoms with van der Waals surface area (Å²) in [7, 11) is 0. The molecule has 0 amide bonds. The zero-order chi connectivity index (χ0) is 14.8. The second kappa shape index (κ2) is 5.65. The van der Waals surface area contributed by atoms with Crippen molar-refractivity contribution in [1.82, 2.24) is 9.88 Å². The molecule has 0 spiro atoms. The molecule has 110 valence electrons. The lowest BCUT2D eigenvalue weighted by Gasteiger charge is -2.12. The Balaban J connectivity index is 1.66. The Kier molecular flexibility index (Phi) is 3.70. The topological polar surface area (TPSA) is 66.6 Å². The molecule has 1 unspecified atom stereocenters. The van der Waals surface area contributed by atoms with Crippen LogP contribution in [0.1, 0.15) is 12.1 Å². The Labute approximate surface area is 121 Å². The monoisotopic (exact) mass is 290 g/mol. The highest BCUT2D eigenvalue weighted by atomic mass is 19.1. The number of halogens is 1. The Morgan fingerprint density at radius 3 is 2.86 bits per heavy atom. The van der Waals surface area contributed by atoms with Gasteiger partial charge in [0.1, 0.15) is 12.1 Å². The molecule has 0 aliphatic carbocycles. The fourth-order valence-electron chi connectivity index (χ4n) is 2.51. The number of carboxylic acids is 1. The number of aliphatic carboxylic acids is 1. The molecule has 1 fully saturated rings. The average Bonchev–Trinajstić information content (AvgIpc) is 3.10. The number of oxazole rings is 1. The maximum Gasteiger partial charge on any atom is 0.307 e. The van der Waals surface area contributed by atoms with Crippen molar-refractivity contribution in [2.24, 2.45) is 5.92 Å². The minimum absolute atomic E-state index is 0.298. The molecule has 5 nitrogen and oxygen atoms in total. The standard InChI is InChI=1S/C15H15FN2O3/c16-12-3-1-10(2-4-12)14-17-13(9-21-14)8-18-6-5-11(7-18)15(19)20/h1-4,9,11H,5-8H2,(H,19,20). The zero-order valence-corrected chi connectivity index (χ0v) is 11.3. The molecule has 1 aliphatic rings. The number of rotatable bonds is 4. The van der Waals surface area contributed by atoms with Crippen molar-refractivity contribution in [3.05, 3.63) is 42.0 Å². The molecular formula is C15H15FN2O3. The number of hydrogen-bond acceptors (Lipinski definition) is 4. The SMILES string of the molecule is O=C(O)C1CCN(Cc2coc(-c3ccc(F)cc3)n2)C1. The maximum absolute atomic E-state index is 12.9. The van der Waals surface area contributed by atoms with Crippen LogP contribution in [-0.2, 0) is 11.3 Å². The van der Waals surface area contributed by atoms with Crippen LogP contribution in [-0.4, -0.2) is 34.0 Å². The van der Waals surface area contributed by atoms with Gasteiger partial charge in [-0.05, 0) is 37.2 Å². The summed E-state index contributed by atoms with van der Waals surface area (Å²) in [6.07, 6.45) is 2.23. The fraction of sp³-hybridized carbons (Fsp3) is 0.333. The molecule has 1 aromatic carbocycles. The smallest absolute Gasteiger partial charge is 0.307 e. The van der Waals surface area contributed by atoms with Crippen molar-refractivity contribution < 1.29 is 18.7 Å². The van der Waals surface area contributed by atoms with Crippen LogP contribution < -0.4 is 0 Å². The van der Waals surface area contributed by atoms with E-state index < -0.39 is 5.97 Å². The molecule has 1 aromatic heterocycles. The van der Waals surface area contributed by atoms with Crippen molar-refractivity contribution >= 4 is 5.97 Å². The Hall–Kier alpha value is -2.21. The molecule has 1 aliphatic heterocycles. The Morgan fingerprint density at radius 2 is 2.19 bits per heavy atom. The van der Waals surface area contributed by atoms with Crippen molar-refractivity contribution in [1.29, 1.82) is 0 Å². The van der Waals surface area contributed by atoms with E-state index >= 15 is 0 Å². The highest BCUT2D eigenvalue weighted by molar-refractivity contribution is 5.70. The van der Waals surface area contributed by atoms with Gasteiger partial charge in [-0.1, -0.05) is 0 Å². The highest BCUT2D eigenvalue weighted by Crippen LogP contribution is 2.22. The van der Waals surface area contributed by atoms with E-state index in [1.807, 2.05) is 4.90 Å². The lowest BCUT2D eigenvalue weighted by atomic mass is 10.1. The van der Waals surface area contributed by atoms with E-state index in [-0.39, 0.29) is 11.7 Å². The van der Waals surface area contributed by atoms with Crippen LogP contribution in [0.15, 0.2) is 34.9 Å². The van der Waals surface area contributed by atoms with Gasteiger partial charge in [-0.15, -0.1) is 0 Å². The lowest BCUT2D eigenvalue weighted by molar-refractivity contribution is -0.141. The molecule has 21 heavy (non-hydrogen) atoms. The van der Waals surface area contributed by atoms with E-state index in [0.29, 0.717) is 31.0 Å². The maximum atomic E-state index is 12.9. The third-order valence-corrected chi connectivity index (χ3v) is 3.65. The van der Waals surface area contributed by atoms with Crippen LogP contribution in [0.4, 0.5) is 4.39 Å². The molecular weight excluding hydrogens is 275 g/mol. The Bertz CT molecular complexity index is 639. The first-order valence-corrected chi connectivity index (χ1v) is 6.77. The zero-order valence-electron chi connectivity index (χ0n) is 11.3. The predicted molar refractivity (Wildman–Crippen MR) is 72.9 cm³/mol. The second-order valence-electron chi connectivity index (χ2n) is 5.21. The molecule has 0 bridgehead atoms.